The van der Waals surface area contributed by atoms with E-state index in [0.717, 1.165) is 18.4 Å². The number of para-hydroxylation sites is 1. The van der Waals surface area contributed by atoms with E-state index < -0.39 is 0 Å². The van der Waals surface area contributed by atoms with E-state index in [1.54, 1.807) is 0 Å². The van der Waals surface area contributed by atoms with E-state index >= 15 is 0 Å². The Balaban J connectivity index is 0.00000127. The summed E-state index contributed by atoms with van der Waals surface area (Å²) in [6.45, 7) is 13.2. The first-order chi connectivity index (χ1) is 11.1. The van der Waals surface area contributed by atoms with Gasteiger partial charge in [0.1, 0.15) is 5.75 Å². The fraction of sp³-hybridized carbons (Fsp3) is 0.524. The summed E-state index contributed by atoms with van der Waals surface area (Å²) in [7, 11) is 0. The molecule has 0 radical (unpaired) electrons. The van der Waals surface area contributed by atoms with Crippen LogP contribution >= 0.6 is 0 Å². The Morgan fingerprint density at radius 1 is 1.09 bits per heavy atom. The largest absolute Gasteiger partial charge is 0.560 e. The van der Waals surface area contributed by atoms with Crippen LogP contribution in [0, 0.1) is 5.41 Å². The molecule has 1 aliphatic heterocycles. The maximum Gasteiger partial charge on any atom is 0.357 e. The van der Waals surface area contributed by atoms with E-state index in [2.05, 4.69) is 70.2 Å². The van der Waals surface area contributed by atoms with E-state index in [9.17, 15) is 0 Å². The molecule has 0 N–H and O–H groups in total. The molecule has 1 nitrogen and oxygen atoms in total. The molecule has 0 saturated carbocycles. The van der Waals surface area contributed by atoms with Gasteiger partial charge >= 0.3 is 6.92 Å². The van der Waals surface area contributed by atoms with Gasteiger partial charge in [0.25, 0.3) is 0 Å². The van der Waals surface area contributed by atoms with Crippen LogP contribution in [0.4, 0.5) is 0 Å². The van der Waals surface area contributed by atoms with E-state index in [1.807, 2.05) is 13.8 Å². The molecule has 0 bridgehead atoms. The van der Waals surface area contributed by atoms with Gasteiger partial charge in [0, 0.05) is 5.56 Å². The summed E-state index contributed by atoms with van der Waals surface area (Å²) in [5, 5.41) is 0. The van der Waals surface area contributed by atoms with E-state index in [-0.39, 0.29) is 0 Å². The van der Waals surface area contributed by atoms with E-state index in [4.69, 9.17) is 4.65 Å². The van der Waals surface area contributed by atoms with Crippen molar-refractivity contribution in [3.05, 3.63) is 48.1 Å². The average molecular weight is 312 g/mol. The maximum absolute atomic E-state index is 6.33. The molecule has 0 atom stereocenters. The molecule has 0 aromatic heterocycles. The lowest BCUT2D eigenvalue weighted by molar-refractivity contribution is 0.310. The first-order valence-corrected chi connectivity index (χ1v) is 9.11. The summed E-state index contributed by atoms with van der Waals surface area (Å²) >= 11 is 0. The third kappa shape index (κ3) is 5.93. The zero-order valence-corrected chi connectivity index (χ0v) is 15.9. The van der Waals surface area contributed by atoms with Crippen molar-refractivity contribution in [2.75, 3.05) is 0 Å². The van der Waals surface area contributed by atoms with Crippen molar-refractivity contribution >= 4 is 12.5 Å². The molecule has 126 valence electrons. The SMILES string of the molecule is C/C=C\C(=C/C)c1ccccc1OB1CCC(C)(C)CC1.CC. The Kier molecular flexibility index (Phi) is 8.23. The lowest BCUT2D eigenvalue weighted by Gasteiger charge is -2.32. The first kappa shape index (κ1) is 19.6. The molecule has 1 heterocycles. The molecule has 1 aliphatic rings. The van der Waals surface area contributed by atoms with Gasteiger partial charge < -0.3 is 4.65 Å². The number of hydrogen-bond acceptors (Lipinski definition) is 1. The third-order valence-corrected chi connectivity index (χ3v) is 4.44. The lowest BCUT2D eigenvalue weighted by Crippen LogP contribution is -2.31. The highest BCUT2D eigenvalue weighted by atomic mass is 16.4. The van der Waals surface area contributed by atoms with Crippen molar-refractivity contribution in [3.63, 3.8) is 0 Å². The standard InChI is InChI=1S/C19H27BO.C2H6/c1-5-9-16(6-2)17-10-7-8-11-18(17)21-20-14-12-19(3,4)13-15-20;1-2/h5-11H,12-15H2,1-4H3;1-2H3/b9-5-,16-6+;. The summed E-state index contributed by atoms with van der Waals surface area (Å²) in [5.41, 5.74) is 2.91. The van der Waals surface area contributed by atoms with Crippen LogP contribution in [-0.2, 0) is 0 Å². The minimum atomic E-state index is 0.364. The second-order valence-electron chi connectivity index (χ2n) is 6.72. The molecule has 1 aromatic rings. The van der Waals surface area contributed by atoms with E-state index in [0.29, 0.717) is 12.3 Å². The quantitative estimate of drug-likeness (QED) is 0.435. The fourth-order valence-electron chi connectivity index (χ4n) is 3.00. The normalized spacial score (nSPS) is 17.7. The summed E-state index contributed by atoms with van der Waals surface area (Å²) in [5.74, 6) is 1.02. The van der Waals surface area contributed by atoms with E-state index in [1.165, 1.54) is 24.0 Å². The minimum Gasteiger partial charge on any atom is -0.560 e. The molecule has 2 rings (SSSR count). The summed E-state index contributed by atoms with van der Waals surface area (Å²) in [6.07, 6.45) is 11.2. The molecule has 1 saturated heterocycles. The molecular formula is C21H33BO. The Hall–Kier alpha value is -1.44. The molecule has 0 aliphatic carbocycles. The van der Waals surface area contributed by atoms with Gasteiger partial charge in [0.15, 0.2) is 0 Å². The van der Waals surface area contributed by atoms with Crippen molar-refractivity contribution in [1.29, 1.82) is 0 Å². The Labute approximate surface area is 143 Å². The summed E-state index contributed by atoms with van der Waals surface area (Å²) < 4.78 is 6.33. The molecule has 23 heavy (non-hydrogen) atoms. The molecule has 1 aromatic carbocycles. The highest BCUT2D eigenvalue weighted by molar-refractivity contribution is 6.53. The van der Waals surface area contributed by atoms with Crippen LogP contribution in [0.2, 0.25) is 12.6 Å². The monoisotopic (exact) mass is 312 g/mol. The predicted molar refractivity (Wildman–Crippen MR) is 105 cm³/mol. The van der Waals surface area contributed by atoms with Crippen molar-refractivity contribution in [2.45, 2.75) is 67.0 Å². The zero-order valence-electron chi connectivity index (χ0n) is 15.9. The molecular weight excluding hydrogens is 279 g/mol. The van der Waals surface area contributed by atoms with Gasteiger partial charge in [0.05, 0.1) is 0 Å². The van der Waals surface area contributed by atoms with Gasteiger partial charge in [0.2, 0.25) is 0 Å². The number of benzene rings is 1. The Bertz CT molecular complexity index is 518. The van der Waals surface area contributed by atoms with Crippen LogP contribution in [0.15, 0.2) is 42.5 Å². The van der Waals surface area contributed by atoms with Gasteiger partial charge in [-0.15, -0.1) is 0 Å². The minimum absolute atomic E-state index is 0.364. The molecule has 2 heteroatoms. The summed E-state index contributed by atoms with van der Waals surface area (Å²) in [6, 6.07) is 8.40. The van der Waals surface area contributed by atoms with Crippen molar-refractivity contribution in [3.8, 4) is 5.75 Å². The topological polar surface area (TPSA) is 9.23 Å². The molecule has 0 spiro atoms. The predicted octanol–water partition coefficient (Wildman–Crippen LogP) is 6.88. The third-order valence-electron chi connectivity index (χ3n) is 4.44. The Morgan fingerprint density at radius 2 is 1.70 bits per heavy atom. The Morgan fingerprint density at radius 3 is 2.26 bits per heavy atom. The van der Waals surface area contributed by atoms with Gasteiger partial charge in [-0.25, -0.2) is 0 Å². The van der Waals surface area contributed by atoms with Crippen LogP contribution in [0.1, 0.15) is 59.9 Å². The highest BCUT2D eigenvalue weighted by Gasteiger charge is 2.31. The second kappa shape index (κ2) is 9.65. The lowest BCUT2D eigenvalue weighted by atomic mass is 9.51. The van der Waals surface area contributed by atoms with Crippen molar-refractivity contribution in [1.82, 2.24) is 0 Å². The maximum atomic E-state index is 6.33. The van der Waals surface area contributed by atoms with Crippen molar-refractivity contribution in [2.24, 2.45) is 5.41 Å². The molecule has 0 unspecified atom stereocenters. The number of rotatable bonds is 4. The van der Waals surface area contributed by atoms with Gasteiger partial charge in [-0.2, -0.15) is 0 Å². The van der Waals surface area contributed by atoms with Crippen LogP contribution in [0.3, 0.4) is 0 Å². The van der Waals surface area contributed by atoms with Gasteiger partial charge in [-0.1, -0.05) is 77.0 Å². The fourth-order valence-corrected chi connectivity index (χ4v) is 3.00. The molecule has 0 amide bonds. The van der Waals surface area contributed by atoms with Gasteiger partial charge in [-0.05, 0) is 43.5 Å². The summed E-state index contributed by atoms with van der Waals surface area (Å²) in [4.78, 5) is 0. The second-order valence-corrected chi connectivity index (χ2v) is 6.72. The van der Waals surface area contributed by atoms with Crippen LogP contribution in [0.5, 0.6) is 5.75 Å². The zero-order chi connectivity index (χ0) is 17.3. The van der Waals surface area contributed by atoms with Gasteiger partial charge in [-0.3, -0.25) is 0 Å². The molecule has 1 fully saturated rings. The highest BCUT2D eigenvalue weighted by Crippen LogP contribution is 2.37. The van der Waals surface area contributed by atoms with Crippen LogP contribution < -0.4 is 4.65 Å². The smallest absolute Gasteiger partial charge is 0.357 e. The van der Waals surface area contributed by atoms with Crippen LogP contribution in [0.25, 0.3) is 5.57 Å². The average Bonchev–Trinajstić information content (AvgIpc) is 2.57. The number of allylic oxidation sites excluding steroid dienone is 4. The van der Waals surface area contributed by atoms with Crippen molar-refractivity contribution < 1.29 is 4.65 Å². The van der Waals surface area contributed by atoms with Crippen LogP contribution in [-0.4, -0.2) is 6.92 Å². The number of hydrogen-bond donors (Lipinski definition) is 0. The first-order valence-electron chi connectivity index (χ1n) is 9.11.